The Morgan fingerprint density at radius 2 is 2.05 bits per heavy atom. The van der Waals surface area contributed by atoms with Gasteiger partial charge in [-0.2, -0.15) is 5.10 Å². The summed E-state index contributed by atoms with van der Waals surface area (Å²) in [5, 5.41) is 10.8. The Morgan fingerprint density at radius 1 is 1.14 bits per heavy atom. The molecule has 21 heavy (non-hydrogen) atoms. The number of H-pyrrole nitrogens is 1. The first-order valence-electron chi connectivity index (χ1n) is 8.20. The van der Waals surface area contributed by atoms with Crippen LogP contribution in [0.1, 0.15) is 60.8 Å². The zero-order valence-corrected chi connectivity index (χ0v) is 12.4. The molecule has 2 saturated carbocycles. The maximum atomic E-state index is 4.06. The number of hydrogen-bond acceptors (Lipinski definition) is 2. The monoisotopic (exact) mass is 281 g/mol. The van der Waals surface area contributed by atoms with Gasteiger partial charge in [0.15, 0.2) is 0 Å². The largest absolute Gasteiger partial charge is 0.310 e. The summed E-state index contributed by atoms with van der Waals surface area (Å²) in [7, 11) is 0. The molecule has 2 aromatic rings. The highest BCUT2D eigenvalue weighted by molar-refractivity contribution is 5.30. The molecule has 110 valence electrons. The molecule has 2 aliphatic rings. The number of nitrogens with zero attached hydrogens (tertiary/aromatic N) is 1. The second-order valence-electron chi connectivity index (χ2n) is 6.63. The summed E-state index contributed by atoms with van der Waals surface area (Å²) in [6.45, 7) is 1.02. The summed E-state index contributed by atoms with van der Waals surface area (Å²) in [4.78, 5) is 0. The first kappa shape index (κ1) is 13.1. The highest BCUT2D eigenvalue weighted by Crippen LogP contribution is 2.46. The molecule has 2 N–H and O–H groups in total. The van der Waals surface area contributed by atoms with Crippen LogP contribution >= 0.6 is 0 Å². The second kappa shape index (κ2) is 5.64. The molecule has 0 atom stereocenters. The third-order valence-electron chi connectivity index (χ3n) is 5.22. The van der Waals surface area contributed by atoms with E-state index >= 15 is 0 Å². The summed E-state index contributed by atoms with van der Waals surface area (Å²) in [5.74, 6) is 1.40. The molecule has 4 rings (SSSR count). The van der Waals surface area contributed by atoms with Gasteiger partial charge in [0.05, 0.1) is 0 Å². The average Bonchev–Trinajstić information content (AvgIpc) is 2.89. The second-order valence-corrected chi connectivity index (χ2v) is 6.63. The van der Waals surface area contributed by atoms with Crippen LogP contribution in [0.2, 0.25) is 0 Å². The van der Waals surface area contributed by atoms with Crippen molar-refractivity contribution in [2.45, 2.75) is 56.5 Å². The number of aromatic amines is 1. The summed E-state index contributed by atoms with van der Waals surface area (Å²) in [6.07, 6.45) is 8.47. The Bertz CT molecular complexity index is 580. The molecule has 3 nitrogen and oxygen atoms in total. The summed E-state index contributed by atoms with van der Waals surface area (Å²) in [5.41, 5.74) is 4.25. The lowest BCUT2D eigenvalue weighted by atomic mass is 9.70. The predicted molar refractivity (Wildman–Crippen MR) is 84.2 cm³/mol. The molecule has 1 aromatic carbocycles. The Morgan fingerprint density at radius 3 is 2.76 bits per heavy atom. The van der Waals surface area contributed by atoms with E-state index in [4.69, 9.17) is 0 Å². The van der Waals surface area contributed by atoms with Gasteiger partial charge >= 0.3 is 0 Å². The molecule has 0 saturated heterocycles. The van der Waals surface area contributed by atoms with Crippen molar-refractivity contribution in [3.63, 3.8) is 0 Å². The van der Waals surface area contributed by atoms with Crippen molar-refractivity contribution >= 4 is 0 Å². The minimum absolute atomic E-state index is 0.675. The highest BCUT2D eigenvalue weighted by Gasteiger charge is 2.32. The topological polar surface area (TPSA) is 40.7 Å². The molecule has 1 aromatic heterocycles. The van der Waals surface area contributed by atoms with Crippen LogP contribution < -0.4 is 5.32 Å². The fourth-order valence-corrected chi connectivity index (χ4v) is 3.47. The first-order valence-corrected chi connectivity index (χ1v) is 8.20. The van der Waals surface area contributed by atoms with Gasteiger partial charge < -0.3 is 5.32 Å². The number of benzene rings is 1. The van der Waals surface area contributed by atoms with Gasteiger partial charge in [-0.25, -0.2) is 0 Å². The van der Waals surface area contributed by atoms with E-state index in [2.05, 4.69) is 45.8 Å². The normalized spacial score (nSPS) is 25.3. The molecule has 2 aliphatic carbocycles. The van der Waals surface area contributed by atoms with Gasteiger partial charge in [0, 0.05) is 30.4 Å². The molecule has 0 aliphatic heterocycles. The molecular formula is C18H23N3. The van der Waals surface area contributed by atoms with Crippen LogP contribution in [0.4, 0.5) is 0 Å². The maximum absolute atomic E-state index is 4.06. The Kier molecular flexibility index (Phi) is 3.52. The molecule has 0 radical (unpaired) electrons. The average molecular weight is 281 g/mol. The van der Waals surface area contributed by atoms with Crippen LogP contribution in [0.3, 0.4) is 0 Å². The van der Waals surface area contributed by atoms with E-state index < -0.39 is 0 Å². The van der Waals surface area contributed by atoms with E-state index in [1.807, 2.05) is 6.20 Å². The molecule has 0 amide bonds. The molecule has 2 fully saturated rings. The maximum Gasteiger partial charge on any atom is 0.0490 e. The van der Waals surface area contributed by atoms with Crippen molar-refractivity contribution in [3.05, 3.63) is 53.3 Å². The fraction of sp³-hybridized carbons (Fsp3) is 0.500. The Balaban J connectivity index is 1.35. The van der Waals surface area contributed by atoms with E-state index in [9.17, 15) is 0 Å². The van der Waals surface area contributed by atoms with E-state index in [0.717, 1.165) is 18.5 Å². The molecule has 1 heterocycles. The van der Waals surface area contributed by atoms with Crippen LogP contribution in [0, 0.1) is 0 Å². The third kappa shape index (κ3) is 2.75. The zero-order chi connectivity index (χ0) is 14.1. The zero-order valence-electron chi connectivity index (χ0n) is 12.4. The number of hydrogen-bond donors (Lipinski definition) is 2. The molecule has 0 spiro atoms. The lowest BCUT2D eigenvalue weighted by Crippen LogP contribution is -2.34. The summed E-state index contributed by atoms with van der Waals surface area (Å²) >= 11 is 0. The van der Waals surface area contributed by atoms with Gasteiger partial charge in [-0.1, -0.05) is 30.7 Å². The predicted octanol–water partition coefficient (Wildman–Crippen LogP) is 3.71. The van der Waals surface area contributed by atoms with Crippen LogP contribution in [-0.2, 0) is 6.54 Å². The smallest absolute Gasteiger partial charge is 0.0490 e. The lowest BCUT2D eigenvalue weighted by Gasteiger charge is -2.35. The number of aromatic nitrogens is 2. The fourth-order valence-electron chi connectivity index (χ4n) is 3.47. The van der Waals surface area contributed by atoms with Gasteiger partial charge in [-0.05, 0) is 48.8 Å². The van der Waals surface area contributed by atoms with E-state index in [-0.39, 0.29) is 0 Å². The summed E-state index contributed by atoms with van der Waals surface area (Å²) < 4.78 is 0. The lowest BCUT2D eigenvalue weighted by molar-refractivity contribution is 0.336. The number of nitrogens with one attached hydrogen (secondary N) is 2. The third-order valence-corrected chi connectivity index (χ3v) is 5.22. The quantitative estimate of drug-likeness (QED) is 0.877. The van der Waals surface area contributed by atoms with Gasteiger partial charge in [0.1, 0.15) is 0 Å². The standard InChI is InChI=1S/C18H23N3/c1-3-13(12-19-17-5-2-6-17)9-14(4-1)15-10-16(11-15)18-7-8-20-21-18/h1,3-4,7-9,15-17,19H,2,5-6,10-12H2,(H,20,21). The van der Waals surface area contributed by atoms with Crippen molar-refractivity contribution in [1.29, 1.82) is 0 Å². The molecular weight excluding hydrogens is 258 g/mol. The van der Waals surface area contributed by atoms with Crippen LogP contribution in [-0.4, -0.2) is 16.2 Å². The highest BCUT2D eigenvalue weighted by atomic mass is 15.1. The minimum Gasteiger partial charge on any atom is -0.310 e. The van der Waals surface area contributed by atoms with Gasteiger partial charge in [-0.15, -0.1) is 0 Å². The number of rotatable bonds is 5. The minimum atomic E-state index is 0.675. The van der Waals surface area contributed by atoms with Crippen molar-refractivity contribution in [3.8, 4) is 0 Å². The van der Waals surface area contributed by atoms with Crippen LogP contribution in [0.25, 0.3) is 0 Å². The van der Waals surface area contributed by atoms with Crippen molar-refractivity contribution in [2.75, 3.05) is 0 Å². The van der Waals surface area contributed by atoms with E-state index in [1.54, 1.807) is 0 Å². The summed E-state index contributed by atoms with van der Waals surface area (Å²) in [6, 6.07) is 12.0. The molecule has 3 heteroatoms. The van der Waals surface area contributed by atoms with Crippen molar-refractivity contribution < 1.29 is 0 Å². The molecule has 0 bridgehead atoms. The first-order chi connectivity index (χ1) is 10.4. The van der Waals surface area contributed by atoms with Crippen LogP contribution in [0.15, 0.2) is 36.5 Å². The SMILES string of the molecule is c1cc(CNC2CCC2)cc(C2CC(c3ccn[nH]3)C2)c1. The molecule has 0 unspecified atom stereocenters. The van der Waals surface area contributed by atoms with Gasteiger partial charge in [0.2, 0.25) is 0 Å². The van der Waals surface area contributed by atoms with Gasteiger partial charge in [0.25, 0.3) is 0 Å². The van der Waals surface area contributed by atoms with E-state index in [1.165, 1.54) is 48.9 Å². The Hall–Kier alpha value is -1.61. The Labute approximate surface area is 126 Å². The van der Waals surface area contributed by atoms with Crippen LogP contribution in [0.5, 0.6) is 0 Å². The van der Waals surface area contributed by atoms with E-state index in [0.29, 0.717) is 5.92 Å². The van der Waals surface area contributed by atoms with Crippen molar-refractivity contribution in [2.24, 2.45) is 0 Å². The van der Waals surface area contributed by atoms with Crippen molar-refractivity contribution in [1.82, 2.24) is 15.5 Å². The van der Waals surface area contributed by atoms with Gasteiger partial charge in [-0.3, -0.25) is 5.10 Å².